The van der Waals surface area contributed by atoms with Gasteiger partial charge in [-0.15, -0.1) is 0 Å². The maximum Gasteiger partial charge on any atom is 0.357 e. The van der Waals surface area contributed by atoms with Crippen molar-refractivity contribution in [3.8, 4) is 0 Å². The summed E-state index contributed by atoms with van der Waals surface area (Å²) in [5, 5.41) is 11.8. The van der Waals surface area contributed by atoms with Gasteiger partial charge in [0.25, 0.3) is 5.69 Å². The van der Waals surface area contributed by atoms with E-state index in [2.05, 4.69) is 25.7 Å². The lowest BCUT2D eigenvalue weighted by Crippen LogP contribution is -2.05. The van der Waals surface area contributed by atoms with E-state index in [0.717, 1.165) is 0 Å². The number of nitrogens with zero attached hydrogens (tertiary/aromatic N) is 2. The van der Waals surface area contributed by atoms with Crippen LogP contribution in [0.2, 0.25) is 0 Å². The molecule has 1 heterocycles. The normalized spacial score (nSPS) is 10.3. The van der Waals surface area contributed by atoms with Crippen molar-refractivity contribution in [3.05, 3.63) is 44.7 Å². The van der Waals surface area contributed by atoms with E-state index in [1.54, 1.807) is 0 Å². The number of halogens is 1. The Morgan fingerprint density at radius 2 is 2.17 bits per heavy atom. The monoisotopic (exact) mass is 310 g/mol. The van der Waals surface area contributed by atoms with Crippen molar-refractivity contribution < 1.29 is 14.5 Å². The van der Waals surface area contributed by atoms with Crippen molar-refractivity contribution >= 4 is 38.4 Å². The number of hydrogen-bond donors (Lipinski definition) is 0. The molecule has 0 atom stereocenters. The average Bonchev–Trinajstić information content (AvgIpc) is 2.38. The van der Waals surface area contributed by atoms with Gasteiger partial charge < -0.3 is 4.74 Å². The fourth-order valence-electron chi connectivity index (χ4n) is 1.57. The van der Waals surface area contributed by atoms with Gasteiger partial charge in [0.1, 0.15) is 0 Å². The Balaban J connectivity index is 2.76. The van der Waals surface area contributed by atoms with Gasteiger partial charge in [0.2, 0.25) is 0 Å². The lowest BCUT2D eigenvalue weighted by Gasteiger charge is -2.05. The Labute approximate surface area is 110 Å². The molecule has 0 saturated carbocycles. The Morgan fingerprint density at radius 3 is 2.78 bits per heavy atom. The van der Waals surface area contributed by atoms with Gasteiger partial charge in [0.15, 0.2) is 5.69 Å². The molecule has 0 aliphatic carbocycles. The molecule has 0 radical (unpaired) electrons. The molecule has 0 bridgehead atoms. The second-order valence-corrected chi connectivity index (χ2v) is 4.29. The number of ether oxygens (including phenoxy) is 1. The van der Waals surface area contributed by atoms with Crippen LogP contribution in [0.4, 0.5) is 5.69 Å². The Kier molecular flexibility index (Phi) is 3.24. The molecule has 0 N–H and O–H groups in total. The summed E-state index contributed by atoms with van der Waals surface area (Å²) in [4.78, 5) is 25.7. The number of rotatable bonds is 2. The third-order valence-electron chi connectivity index (χ3n) is 2.41. The van der Waals surface area contributed by atoms with Crippen molar-refractivity contribution in [3.63, 3.8) is 0 Å². The summed E-state index contributed by atoms with van der Waals surface area (Å²) >= 11 is 3.25. The molecule has 7 heteroatoms. The fraction of sp³-hybridized carbons (Fsp3) is 0.0909. The van der Waals surface area contributed by atoms with E-state index >= 15 is 0 Å². The molecule has 0 amide bonds. The van der Waals surface area contributed by atoms with Crippen molar-refractivity contribution in [1.29, 1.82) is 0 Å². The first-order valence-corrected chi connectivity index (χ1v) is 5.65. The van der Waals surface area contributed by atoms with E-state index in [0.29, 0.717) is 15.2 Å². The fourth-order valence-corrected chi connectivity index (χ4v) is 2.00. The smallest absolute Gasteiger partial charge is 0.357 e. The van der Waals surface area contributed by atoms with Gasteiger partial charge in [-0.25, -0.2) is 9.78 Å². The SMILES string of the molecule is COC(=O)c1ncc(Br)c2cc([N+](=O)[O-])ccc12. The van der Waals surface area contributed by atoms with Gasteiger partial charge in [-0.3, -0.25) is 10.1 Å². The maximum absolute atomic E-state index is 11.5. The minimum absolute atomic E-state index is 0.0507. The Hall–Kier alpha value is -2.02. The second kappa shape index (κ2) is 4.69. The van der Waals surface area contributed by atoms with Crippen LogP contribution in [0.3, 0.4) is 0 Å². The highest BCUT2D eigenvalue weighted by molar-refractivity contribution is 9.10. The van der Waals surface area contributed by atoms with Crippen LogP contribution in [0.25, 0.3) is 10.8 Å². The molecule has 1 aromatic carbocycles. The lowest BCUT2D eigenvalue weighted by atomic mass is 10.1. The largest absolute Gasteiger partial charge is 0.464 e. The summed E-state index contributed by atoms with van der Waals surface area (Å²) in [6, 6.07) is 4.19. The second-order valence-electron chi connectivity index (χ2n) is 3.43. The molecule has 0 saturated heterocycles. The molecular weight excluding hydrogens is 304 g/mol. The molecule has 0 spiro atoms. The number of aromatic nitrogens is 1. The van der Waals surface area contributed by atoms with Gasteiger partial charge >= 0.3 is 5.97 Å². The third-order valence-corrected chi connectivity index (χ3v) is 3.04. The van der Waals surface area contributed by atoms with Crippen molar-refractivity contribution in [2.75, 3.05) is 7.11 Å². The van der Waals surface area contributed by atoms with E-state index in [1.165, 1.54) is 31.5 Å². The summed E-state index contributed by atoms with van der Waals surface area (Å²) in [6.45, 7) is 0. The van der Waals surface area contributed by atoms with Crippen LogP contribution < -0.4 is 0 Å². The van der Waals surface area contributed by atoms with Crippen LogP contribution in [-0.2, 0) is 4.74 Å². The number of pyridine rings is 1. The van der Waals surface area contributed by atoms with Crippen molar-refractivity contribution in [2.45, 2.75) is 0 Å². The van der Waals surface area contributed by atoms with Crippen LogP contribution in [0.1, 0.15) is 10.5 Å². The van der Waals surface area contributed by atoms with E-state index in [1.807, 2.05) is 0 Å². The number of methoxy groups -OCH3 is 1. The van der Waals surface area contributed by atoms with E-state index < -0.39 is 10.9 Å². The lowest BCUT2D eigenvalue weighted by molar-refractivity contribution is -0.384. The number of carbonyl (C=O) groups is 1. The number of hydrogen-bond acceptors (Lipinski definition) is 5. The van der Waals surface area contributed by atoms with E-state index in [9.17, 15) is 14.9 Å². The number of non-ortho nitro benzene ring substituents is 1. The molecule has 0 aliphatic rings. The van der Waals surface area contributed by atoms with Crippen LogP contribution in [0, 0.1) is 10.1 Å². The van der Waals surface area contributed by atoms with Crippen LogP contribution in [0.15, 0.2) is 28.9 Å². The molecule has 2 rings (SSSR count). The van der Waals surface area contributed by atoms with Crippen LogP contribution >= 0.6 is 15.9 Å². The van der Waals surface area contributed by atoms with Crippen LogP contribution in [-0.4, -0.2) is 23.0 Å². The first-order chi connectivity index (χ1) is 8.54. The quantitative estimate of drug-likeness (QED) is 0.484. The minimum atomic E-state index is -0.582. The number of nitro benzene ring substituents is 1. The zero-order chi connectivity index (χ0) is 13.3. The number of nitro groups is 1. The number of benzene rings is 1. The Bertz CT molecular complexity index is 657. The van der Waals surface area contributed by atoms with Crippen molar-refractivity contribution in [2.24, 2.45) is 0 Å². The van der Waals surface area contributed by atoms with Gasteiger partial charge in [0.05, 0.1) is 12.0 Å². The minimum Gasteiger partial charge on any atom is -0.464 e. The first kappa shape index (κ1) is 12.4. The molecular formula is C11H7BrN2O4. The summed E-state index contributed by atoms with van der Waals surface area (Å²) in [7, 11) is 1.25. The van der Waals surface area contributed by atoms with Gasteiger partial charge in [-0.05, 0) is 22.0 Å². The molecule has 2 aromatic rings. The van der Waals surface area contributed by atoms with Gasteiger partial charge in [0, 0.05) is 33.6 Å². The van der Waals surface area contributed by atoms with Crippen LogP contribution in [0.5, 0.6) is 0 Å². The van der Waals surface area contributed by atoms with Crippen molar-refractivity contribution in [1.82, 2.24) is 4.98 Å². The van der Waals surface area contributed by atoms with E-state index in [4.69, 9.17) is 0 Å². The highest BCUT2D eigenvalue weighted by Gasteiger charge is 2.16. The topological polar surface area (TPSA) is 82.3 Å². The van der Waals surface area contributed by atoms with E-state index in [-0.39, 0.29) is 11.4 Å². The molecule has 18 heavy (non-hydrogen) atoms. The number of carbonyl (C=O) groups excluding carboxylic acids is 1. The average molecular weight is 311 g/mol. The molecule has 0 aliphatic heterocycles. The zero-order valence-electron chi connectivity index (χ0n) is 9.21. The number of fused-ring (bicyclic) bond motifs is 1. The van der Waals surface area contributed by atoms with Gasteiger partial charge in [-0.2, -0.15) is 0 Å². The summed E-state index contributed by atoms with van der Waals surface area (Å²) in [5.41, 5.74) is 0.0795. The molecule has 0 unspecified atom stereocenters. The standard InChI is InChI=1S/C11H7BrN2O4/c1-18-11(15)10-7-3-2-6(14(16)17)4-8(7)9(12)5-13-10/h2-5H,1H3. The molecule has 6 nitrogen and oxygen atoms in total. The summed E-state index contributed by atoms with van der Waals surface area (Å²) in [5.74, 6) is -0.582. The predicted molar refractivity (Wildman–Crippen MR) is 67.4 cm³/mol. The first-order valence-electron chi connectivity index (χ1n) is 4.85. The zero-order valence-corrected chi connectivity index (χ0v) is 10.8. The molecule has 92 valence electrons. The maximum atomic E-state index is 11.5. The summed E-state index contributed by atoms with van der Waals surface area (Å²) in [6.07, 6.45) is 1.41. The highest BCUT2D eigenvalue weighted by atomic mass is 79.9. The van der Waals surface area contributed by atoms with Gasteiger partial charge in [-0.1, -0.05) is 0 Å². The highest BCUT2D eigenvalue weighted by Crippen LogP contribution is 2.29. The Morgan fingerprint density at radius 1 is 1.44 bits per heavy atom. The number of esters is 1. The predicted octanol–water partition coefficient (Wildman–Crippen LogP) is 2.69. The third kappa shape index (κ3) is 2.04. The summed E-state index contributed by atoms with van der Waals surface area (Å²) < 4.78 is 5.19. The molecule has 0 fully saturated rings. The molecule has 1 aromatic heterocycles.